The van der Waals surface area contributed by atoms with Gasteiger partial charge in [-0.05, 0) is 105 Å². The average Bonchev–Trinajstić information content (AvgIpc) is 3.35. The predicted molar refractivity (Wildman–Crippen MR) is 187 cm³/mol. The molecule has 0 heterocycles. The summed E-state index contributed by atoms with van der Waals surface area (Å²) in [6, 6.07) is 41.7. The summed E-state index contributed by atoms with van der Waals surface area (Å²) in [6.45, 7) is 3.39. The number of benzene rings is 6. The van der Waals surface area contributed by atoms with Crippen molar-refractivity contribution in [2.45, 2.75) is 29.8 Å². The largest absolute Gasteiger partial charge is 0.426 e. The first-order valence-corrected chi connectivity index (χ1v) is 15.9. The highest BCUT2D eigenvalue weighted by Crippen LogP contribution is 2.56. The maximum atomic E-state index is 12.2. The molecule has 222 valence electrons. The van der Waals surface area contributed by atoms with Gasteiger partial charge in [0.1, 0.15) is 11.5 Å². The van der Waals surface area contributed by atoms with Crippen molar-refractivity contribution in [1.29, 1.82) is 0 Å². The average molecular weight is 627 g/mol. The summed E-state index contributed by atoms with van der Waals surface area (Å²) in [4.78, 5) is 24.3. The quantitative estimate of drug-likeness (QED) is 0.110. The number of ether oxygens (including phenoxy) is 2. The molecule has 45 heavy (non-hydrogen) atoms. The van der Waals surface area contributed by atoms with E-state index in [0.717, 1.165) is 32.7 Å². The molecule has 0 saturated carbocycles. The molecular weight excluding hydrogens is 597 g/mol. The van der Waals surface area contributed by atoms with Gasteiger partial charge in [0.25, 0.3) is 0 Å². The van der Waals surface area contributed by atoms with Crippen molar-refractivity contribution in [3.63, 3.8) is 0 Å². The summed E-state index contributed by atoms with van der Waals surface area (Å²) in [7, 11) is 0. The fourth-order valence-electron chi connectivity index (χ4n) is 6.47. The van der Waals surface area contributed by atoms with E-state index in [0.29, 0.717) is 11.5 Å². The van der Waals surface area contributed by atoms with Crippen molar-refractivity contribution in [2.24, 2.45) is 0 Å². The highest BCUT2D eigenvalue weighted by atomic mass is 32.1. The van der Waals surface area contributed by atoms with Gasteiger partial charge in [0.2, 0.25) is 0 Å². The first-order valence-electron chi connectivity index (χ1n) is 14.8. The third-order valence-electron chi connectivity index (χ3n) is 8.56. The summed E-state index contributed by atoms with van der Waals surface area (Å²) in [5.41, 5.74) is 6.52. The Hall–Kier alpha value is -4.52. The number of esters is 2. The van der Waals surface area contributed by atoms with E-state index in [4.69, 9.17) is 9.47 Å². The van der Waals surface area contributed by atoms with E-state index in [2.05, 4.69) is 110 Å². The minimum Gasteiger partial charge on any atom is -0.426 e. The third kappa shape index (κ3) is 4.98. The van der Waals surface area contributed by atoms with Crippen LogP contribution < -0.4 is 9.47 Å². The van der Waals surface area contributed by atoms with Crippen LogP contribution in [-0.2, 0) is 15.0 Å². The Labute approximate surface area is 272 Å². The molecule has 0 radical (unpaired) electrons. The SMILES string of the molecule is CC(S)C(=O)Oc1ccc2cc(C3(c4ccc5cc(OC(=O)C(C)S)ccc5c4)c4ccccc4-c4ccccc43)ccc2c1. The molecule has 2 atom stereocenters. The standard InChI is InChI=1S/C39H30O4S2/c1-23(44)37(40)42-31-17-13-25-19-29(15-11-27(25)21-31)39(35-9-5-3-7-33(35)34-8-4-6-10-36(34)39)30-16-12-28-22-32(18-14-26(28)20-30)43-38(41)24(2)45/h3-24,44-45H,1-2H3. The monoisotopic (exact) mass is 626 g/mol. The third-order valence-corrected chi connectivity index (χ3v) is 8.98. The Kier molecular flexibility index (Phi) is 7.43. The molecule has 0 saturated heterocycles. The Bertz CT molecular complexity index is 1980. The van der Waals surface area contributed by atoms with Gasteiger partial charge in [-0.3, -0.25) is 9.59 Å². The molecule has 6 aromatic carbocycles. The minimum absolute atomic E-state index is 0.384. The van der Waals surface area contributed by atoms with Crippen LogP contribution in [-0.4, -0.2) is 22.4 Å². The molecule has 0 N–H and O–H groups in total. The van der Waals surface area contributed by atoms with E-state index in [9.17, 15) is 9.59 Å². The lowest BCUT2D eigenvalue weighted by molar-refractivity contribution is -0.134. The first-order chi connectivity index (χ1) is 21.8. The zero-order valence-corrected chi connectivity index (χ0v) is 26.5. The summed E-state index contributed by atoms with van der Waals surface area (Å²) in [5.74, 6) is 0.224. The smallest absolute Gasteiger partial charge is 0.323 e. The van der Waals surface area contributed by atoms with Crippen LogP contribution in [0.2, 0.25) is 0 Å². The fourth-order valence-corrected chi connectivity index (χ4v) is 6.57. The molecule has 1 aliphatic rings. The van der Waals surface area contributed by atoms with Gasteiger partial charge < -0.3 is 9.47 Å². The Morgan fingerprint density at radius 2 is 0.911 bits per heavy atom. The molecule has 7 rings (SSSR count). The molecule has 0 spiro atoms. The van der Waals surface area contributed by atoms with E-state index in [1.807, 2.05) is 36.4 Å². The molecular formula is C39H30O4S2. The van der Waals surface area contributed by atoms with Gasteiger partial charge >= 0.3 is 11.9 Å². The molecule has 4 nitrogen and oxygen atoms in total. The molecule has 6 aromatic rings. The number of rotatable bonds is 6. The van der Waals surface area contributed by atoms with Gasteiger partial charge in [-0.1, -0.05) is 84.9 Å². The second kappa shape index (κ2) is 11.4. The second-order valence-corrected chi connectivity index (χ2v) is 13.0. The van der Waals surface area contributed by atoms with E-state index in [-0.39, 0.29) is 11.9 Å². The molecule has 0 aromatic heterocycles. The van der Waals surface area contributed by atoms with Gasteiger partial charge in [0.05, 0.1) is 15.9 Å². The Balaban J connectivity index is 1.42. The maximum absolute atomic E-state index is 12.2. The summed E-state index contributed by atoms with van der Waals surface area (Å²) in [6.07, 6.45) is 0. The normalized spacial score (nSPS) is 14.4. The van der Waals surface area contributed by atoms with E-state index in [1.54, 1.807) is 13.8 Å². The molecule has 6 heteroatoms. The van der Waals surface area contributed by atoms with Crippen LogP contribution in [0, 0.1) is 0 Å². The molecule has 0 fully saturated rings. The summed E-state index contributed by atoms with van der Waals surface area (Å²) < 4.78 is 11.1. The zero-order chi connectivity index (χ0) is 31.3. The number of hydrogen-bond donors (Lipinski definition) is 2. The number of carbonyl (C=O) groups is 2. The van der Waals surface area contributed by atoms with Crippen LogP contribution in [0.3, 0.4) is 0 Å². The van der Waals surface area contributed by atoms with Crippen molar-refractivity contribution in [1.82, 2.24) is 0 Å². The van der Waals surface area contributed by atoms with E-state index >= 15 is 0 Å². The van der Waals surface area contributed by atoms with Crippen LogP contribution in [0.15, 0.2) is 121 Å². The predicted octanol–water partition coefficient (Wildman–Crippen LogP) is 8.80. The number of hydrogen-bond acceptors (Lipinski definition) is 6. The van der Waals surface area contributed by atoms with Gasteiger partial charge in [-0.2, -0.15) is 25.3 Å². The Morgan fingerprint density at radius 3 is 1.33 bits per heavy atom. The zero-order valence-electron chi connectivity index (χ0n) is 24.7. The van der Waals surface area contributed by atoms with Crippen LogP contribution in [0.1, 0.15) is 36.1 Å². The highest BCUT2D eigenvalue weighted by molar-refractivity contribution is 7.82. The number of carbonyl (C=O) groups excluding carboxylic acids is 2. The Morgan fingerprint density at radius 1 is 0.533 bits per heavy atom. The van der Waals surface area contributed by atoms with Crippen LogP contribution in [0.5, 0.6) is 11.5 Å². The number of fused-ring (bicyclic) bond motifs is 5. The first kappa shape index (κ1) is 29.2. The van der Waals surface area contributed by atoms with Crippen molar-refractivity contribution in [2.75, 3.05) is 0 Å². The van der Waals surface area contributed by atoms with Crippen molar-refractivity contribution in [3.05, 3.63) is 144 Å². The molecule has 2 unspecified atom stereocenters. The molecule has 0 bridgehead atoms. The molecule has 1 aliphatic carbocycles. The molecule has 0 aliphatic heterocycles. The maximum Gasteiger partial charge on any atom is 0.323 e. The van der Waals surface area contributed by atoms with E-state index in [1.165, 1.54) is 22.3 Å². The fraction of sp³-hybridized carbons (Fsp3) is 0.128. The van der Waals surface area contributed by atoms with Crippen molar-refractivity contribution in [3.8, 4) is 22.6 Å². The lowest BCUT2D eigenvalue weighted by Crippen LogP contribution is -2.28. The summed E-state index contributed by atoms with van der Waals surface area (Å²) in [5, 5.41) is 3.01. The highest BCUT2D eigenvalue weighted by Gasteiger charge is 2.46. The lowest BCUT2D eigenvalue weighted by Gasteiger charge is -2.34. The van der Waals surface area contributed by atoms with Crippen LogP contribution >= 0.6 is 25.3 Å². The topological polar surface area (TPSA) is 52.6 Å². The summed E-state index contributed by atoms with van der Waals surface area (Å²) >= 11 is 8.40. The van der Waals surface area contributed by atoms with Crippen molar-refractivity contribution < 1.29 is 19.1 Å². The van der Waals surface area contributed by atoms with Crippen LogP contribution in [0.4, 0.5) is 0 Å². The van der Waals surface area contributed by atoms with Gasteiger partial charge in [0, 0.05) is 0 Å². The van der Waals surface area contributed by atoms with Gasteiger partial charge in [-0.15, -0.1) is 0 Å². The van der Waals surface area contributed by atoms with Crippen LogP contribution in [0.25, 0.3) is 32.7 Å². The lowest BCUT2D eigenvalue weighted by atomic mass is 9.67. The van der Waals surface area contributed by atoms with Crippen molar-refractivity contribution >= 4 is 58.7 Å². The molecule has 0 amide bonds. The number of thiol groups is 2. The second-order valence-electron chi connectivity index (χ2n) is 11.5. The van der Waals surface area contributed by atoms with Gasteiger partial charge in [0.15, 0.2) is 0 Å². The van der Waals surface area contributed by atoms with Gasteiger partial charge in [-0.25, -0.2) is 0 Å². The van der Waals surface area contributed by atoms with E-state index < -0.39 is 15.9 Å². The minimum atomic E-state index is -0.589.